The second kappa shape index (κ2) is 9.94. The van der Waals surface area contributed by atoms with Crippen molar-refractivity contribution in [2.24, 2.45) is 5.92 Å². The molecule has 1 aromatic carbocycles. The highest BCUT2D eigenvalue weighted by molar-refractivity contribution is 5.77. The fourth-order valence-electron chi connectivity index (χ4n) is 3.02. The van der Waals surface area contributed by atoms with Crippen molar-refractivity contribution in [3.05, 3.63) is 29.8 Å². The van der Waals surface area contributed by atoms with Crippen molar-refractivity contribution in [1.82, 2.24) is 15.1 Å². The van der Waals surface area contributed by atoms with Gasteiger partial charge in [0.2, 0.25) is 0 Å². The molecule has 0 saturated carbocycles. The number of benzene rings is 1. The smallest absolute Gasteiger partial charge is 0.416 e. The number of hydrogen-bond acceptors (Lipinski definition) is 4. The summed E-state index contributed by atoms with van der Waals surface area (Å²) in [5.41, 5.74) is -0.743. The second-order valence-corrected chi connectivity index (χ2v) is 6.95. The van der Waals surface area contributed by atoms with E-state index in [0.717, 1.165) is 51.4 Å². The third kappa shape index (κ3) is 7.38. The largest absolute Gasteiger partial charge is 0.484 e. The van der Waals surface area contributed by atoms with Crippen molar-refractivity contribution < 1.29 is 22.7 Å². The van der Waals surface area contributed by atoms with Gasteiger partial charge < -0.3 is 19.9 Å². The molecule has 27 heavy (non-hydrogen) atoms. The molecule has 1 aliphatic rings. The van der Waals surface area contributed by atoms with Crippen molar-refractivity contribution in [2.45, 2.75) is 20.0 Å². The van der Waals surface area contributed by atoms with Gasteiger partial charge in [0.25, 0.3) is 5.91 Å². The van der Waals surface area contributed by atoms with Crippen molar-refractivity contribution in [2.75, 3.05) is 52.4 Å². The first kappa shape index (κ1) is 21.5. The Bertz CT molecular complexity index is 585. The molecule has 8 heteroatoms. The predicted molar refractivity (Wildman–Crippen MR) is 97.7 cm³/mol. The molecule has 1 fully saturated rings. The van der Waals surface area contributed by atoms with E-state index in [1.165, 1.54) is 12.1 Å². The minimum Gasteiger partial charge on any atom is -0.484 e. The van der Waals surface area contributed by atoms with Crippen molar-refractivity contribution in [3.8, 4) is 5.75 Å². The van der Waals surface area contributed by atoms with Gasteiger partial charge in [0.05, 0.1) is 5.56 Å². The first-order valence-electron chi connectivity index (χ1n) is 9.29. The number of hydrogen-bond donors (Lipinski definition) is 1. The summed E-state index contributed by atoms with van der Waals surface area (Å²) in [5.74, 6) is 0.269. The average Bonchev–Trinajstić information content (AvgIpc) is 2.65. The highest BCUT2D eigenvalue weighted by Crippen LogP contribution is 2.30. The van der Waals surface area contributed by atoms with Gasteiger partial charge >= 0.3 is 6.18 Å². The van der Waals surface area contributed by atoms with Crippen LogP contribution in [0, 0.1) is 5.92 Å². The SMILES string of the molecule is CCN1CCN(CC(C)CNC(=O)COc2ccc(C(F)(F)F)cc2)CC1. The molecular weight excluding hydrogens is 359 g/mol. The highest BCUT2D eigenvalue weighted by Gasteiger charge is 2.30. The zero-order chi connectivity index (χ0) is 19.9. The molecule has 1 saturated heterocycles. The minimum absolute atomic E-state index is 0.215. The summed E-state index contributed by atoms with van der Waals surface area (Å²) in [4.78, 5) is 16.7. The maximum absolute atomic E-state index is 12.5. The van der Waals surface area contributed by atoms with Gasteiger partial charge in [-0.15, -0.1) is 0 Å². The van der Waals surface area contributed by atoms with Crippen molar-refractivity contribution in [3.63, 3.8) is 0 Å². The van der Waals surface area contributed by atoms with Gasteiger partial charge in [-0.05, 0) is 36.7 Å². The third-order valence-corrected chi connectivity index (χ3v) is 4.68. The lowest BCUT2D eigenvalue weighted by molar-refractivity contribution is -0.137. The maximum Gasteiger partial charge on any atom is 0.416 e. The molecule has 0 bridgehead atoms. The summed E-state index contributed by atoms with van der Waals surface area (Å²) < 4.78 is 42.8. The molecule has 0 spiro atoms. The normalized spacial score (nSPS) is 17.5. The summed E-state index contributed by atoms with van der Waals surface area (Å²) in [6, 6.07) is 4.31. The summed E-state index contributed by atoms with van der Waals surface area (Å²) in [5, 5.41) is 2.82. The fourth-order valence-corrected chi connectivity index (χ4v) is 3.02. The Morgan fingerprint density at radius 3 is 2.30 bits per heavy atom. The molecule has 1 aromatic rings. The van der Waals surface area contributed by atoms with Crippen molar-refractivity contribution in [1.29, 1.82) is 0 Å². The van der Waals surface area contributed by atoms with E-state index in [1.54, 1.807) is 0 Å². The van der Waals surface area contributed by atoms with Crippen LogP contribution < -0.4 is 10.1 Å². The Kier molecular flexibility index (Phi) is 7.91. The number of halogens is 3. The van der Waals surface area contributed by atoms with Gasteiger partial charge in [-0.3, -0.25) is 4.79 Å². The predicted octanol–water partition coefficient (Wildman–Crippen LogP) is 2.47. The molecule has 5 nitrogen and oxygen atoms in total. The zero-order valence-electron chi connectivity index (χ0n) is 15.9. The molecular formula is C19H28F3N3O2. The number of ether oxygens (including phenoxy) is 1. The summed E-state index contributed by atoms with van der Waals surface area (Å²) in [7, 11) is 0. The van der Waals surface area contributed by atoms with E-state index in [9.17, 15) is 18.0 Å². The summed E-state index contributed by atoms with van der Waals surface area (Å²) >= 11 is 0. The van der Waals surface area contributed by atoms with Gasteiger partial charge in [0.1, 0.15) is 5.75 Å². The van der Waals surface area contributed by atoms with Crippen LogP contribution in [0.3, 0.4) is 0 Å². The first-order valence-corrected chi connectivity index (χ1v) is 9.29. The van der Waals surface area contributed by atoms with E-state index >= 15 is 0 Å². The van der Waals surface area contributed by atoms with Gasteiger partial charge in [-0.2, -0.15) is 13.2 Å². The third-order valence-electron chi connectivity index (χ3n) is 4.68. The quantitative estimate of drug-likeness (QED) is 0.744. The maximum atomic E-state index is 12.5. The van der Waals surface area contributed by atoms with Crippen LogP contribution in [0.25, 0.3) is 0 Å². The Hall–Kier alpha value is -1.80. The lowest BCUT2D eigenvalue weighted by atomic mass is 10.1. The monoisotopic (exact) mass is 387 g/mol. The number of nitrogens with one attached hydrogen (secondary N) is 1. The van der Waals surface area contributed by atoms with Crippen LogP contribution in [0.15, 0.2) is 24.3 Å². The topological polar surface area (TPSA) is 44.8 Å². The molecule has 1 N–H and O–H groups in total. The van der Waals surface area contributed by atoms with E-state index in [1.807, 2.05) is 0 Å². The van der Waals surface area contributed by atoms with Crippen LogP contribution in [0.1, 0.15) is 19.4 Å². The lowest BCUT2D eigenvalue weighted by Crippen LogP contribution is -2.48. The van der Waals surface area contributed by atoms with E-state index in [-0.39, 0.29) is 18.3 Å². The van der Waals surface area contributed by atoms with Gasteiger partial charge in [-0.25, -0.2) is 0 Å². The average molecular weight is 387 g/mol. The molecule has 2 rings (SSSR count). The Morgan fingerprint density at radius 2 is 1.74 bits per heavy atom. The molecule has 0 radical (unpaired) electrons. The number of alkyl halides is 3. The molecule has 1 aliphatic heterocycles. The highest BCUT2D eigenvalue weighted by atomic mass is 19.4. The minimum atomic E-state index is -4.38. The molecule has 1 unspecified atom stereocenters. The number of piperazine rings is 1. The van der Waals surface area contributed by atoms with Gasteiger partial charge in [-0.1, -0.05) is 13.8 Å². The van der Waals surface area contributed by atoms with Crippen LogP contribution in [0.2, 0.25) is 0 Å². The number of carbonyl (C=O) groups is 1. The molecule has 1 atom stereocenters. The molecule has 0 aliphatic carbocycles. The van der Waals surface area contributed by atoms with E-state index in [2.05, 4.69) is 29.0 Å². The van der Waals surface area contributed by atoms with E-state index in [4.69, 9.17) is 4.74 Å². The van der Waals surface area contributed by atoms with Gasteiger partial charge in [0.15, 0.2) is 6.61 Å². The number of carbonyl (C=O) groups excluding carboxylic acids is 1. The molecule has 1 heterocycles. The summed E-state index contributed by atoms with van der Waals surface area (Å²) in [6.07, 6.45) is -4.38. The number of likely N-dealkylation sites (N-methyl/N-ethyl adjacent to an activating group) is 1. The Labute approximate surface area is 158 Å². The van der Waals surface area contributed by atoms with E-state index in [0.29, 0.717) is 12.5 Å². The molecule has 1 amide bonds. The van der Waals surface area contributed by atoms with Crippen molar-refractivity contribution >= 4 is 5.91 Å². The fraction of sp³-hybridized carbons (Fsp3) is 0.632. The van der Waals surface area contributed by atoms with Gasteiger partial charge in [0, 0.05) is 39.3 Å². The lowest BCUT2D eigenvalue weighted by Gasteiger charge is -2.35. The van der Waals surface area contributed by atoms with Crippen LogP contribution in [0.5, 0.6) is 5.75 Å². The molecule has 0 aromatic heterocycles. The molecule has 152 valence electrons. The van der Waals surface area contributed by atoms with Crippen LogP contribution in [-0.4, -0.2) is 68.1 Å². The van der Waals surface area contributed by atoms with Crippen LogP contribution in [-0.2, 0) is 11.0 Å². The Balaban J connectivity index is 1.64. The summed E-state index contributed by atoms with van der Waals surface area (Å²) in [6.45, 7) is 10.8. The number of rotatable bonds is 8. The number of amides is 1. The van der Waals surface area contributed by atoms with E-state index < -0.39 is 11.7 Å². The first-order chi connectivity index (χ1) is 12.8. The Morgan fingerprint density at radius 1 is 1.15 bits per heavy atom. The van der Waals surface area contributed by atoms with Crippen LogP contribution in [0.4, 0.5) is 13.2 Å². The zero-order valence-corrected chi connectivity index (χ0v) is 15.9. The second-order valence-electron chi connectivity index (χ2n) is 6.95. The number of nitrogens with zero attached hydrogens (tertiary/aromatic N) is 2. The standard InChI is InChI=1S/C19H28F3N3O2/c1-3-24-8-10-25(11-9-24)13-15(2)12-23-18(26)14-27-17-6-4-16(5-7-17)19(20,21)22/h4-7,15H,3,8-14H2,1-2H3,(H,23,26). The van der Waals surface area contributed by atoms with Crippen LogP contribution >= 0.6 is 0 Å².